The fourth-order valence-electron chi connectivity index (χ4n) is 2.52. The van der Waals surface area contributed by atoms with Crippen LogP contribution in [-0.2, 0) is 16.2 Å². The predicted octanol–water partition coefficient (Wildman–Crippen LogP) is 6.49. The van der Waals surface area contributed by atoms with E-state index in [9.17, 15) is 30.4 Å². The third-order valence-corrected chi connectivity index (χ3v) is 6.11. The standard InChI is InChI=1S/C20H13F5INO3S/c1-11-2-5-14(6-3-11)31(28,29)27-17-7-4-13(26)10-18(17)30-19-15(21)8-12(9-16(19)22)20(23,24)25/h2-10,27H,1H3. The van der Waals surface area contributed by atoms with E-state index in [1.165, 1.54) is 30.3 Å². The summed E-state index contributed by atoms with van der Waals surface area (Å²) in [6.07, 6.45) is -4.95. The van der Waals surface area contributed by atoms with Crippen molar-refractivity contribution in [1.82, 2.24) is 0 Å². The van der Waals surface area contributed by atoms with Crippen LogP contribution in [0.25, 0.3) is 0 Å². The largest absolute Gasteiger partial charge is 0.449 e. The van der Waals surface area contributed by atoms with Gasteiger partial charge in [0.1, 0.15) is 0 Å². The van der Waals surface area contributed by atoms with Crippen LogP contribution in [0, 0.1) is 22.1 Å². The van der Waals surface area contributed by atoms with Crippen LogP contribution in [0.3, 0.4) is 0 Å². The van der Waals surface area contributed by atoms with E-state index < -0.39 is 39.1 Å². The van der Waals surface area contributed by atoms with E-state index in [0.29, 0.717) is 3.57 Å². The Kier molecular flexibility index (Phi) is 6.46. The maximum Gasteiger partial charge on any atom is 0.416 e. The van der Waals surface area contributed by atoms with Gasteiger partial charge in [0.25, 0.3) is 10.0 Å². The van der Waals surface area contributed by atoms with Crippen LogP contribution >= 0.6 is 22.6 Å². The zero-order valence-electron chi connectivity index (χ0n) is 15.6. The smallest absolute Gasteiger partial charge is 0.416 e. The Morgan fingerprint density at radius 2 is 1.52 bits per heavy atom. The molecule has 0 radical (unpaired) electrons. The second-order valence-electron chi connectivity index (χ2n) is 6.43. The zero-order chi connectivity index (χ0) is 23.0. The Balaban J connectivity index is 1.99. The Morgan fingerprint density at radius 3 is 2.06 bits per heavy atom. The van der Waals surface area contributed by atoms with E-state index in [1.54, 1.807) is 19.1 Å². The summed E-state index contributed by atoms with van der Waals surface area (Å²) in [6, 6.07) is 10.2. The highest BCUT2D eigenvalue weighted by atomic mass is 127. The maximum atomic E-state index is 14.2. The molecule has 3 aromatic rings. The number of alkyl halides is 3. The van der Waals surface area contributed by atoms with Gasteiger partial charge in [0.15, 0.2) is 23.1 Å². The van der Waals surface area contributed by atoms with Crippen LogP contribution in [0.4, 0.5) is 27.6 Å². The van der Waals surface area contributed by atoms with Crippen LogP contribution in [0.2, 0.25) is 0 Å². The highest BCUT2D eigenvalue weighted by molar-refractivity contribution is 14.1. The molecular formula is C20H13F5INO3S. The molecule has 0 amide bonds. The van der Waals surface area contributed by atoms with E-state index in [2.05, 4.69) is 4.72 Å². The monoisotopic (exact) mass is 569 g/mol. The number of sulfonamides is 1. The van der Waals surface area contributed by atoms with Crippen molar-refractivity contribution in [2.24, 2.45) is 0 Å². The van der Waals surface area contributed by atoms with Crippen LogP contribution in [0.5, 0.6) is 11.5 Å². The molecule has 11 heteroatoms. The fourth-order valence-corrected chi connectivity index (χ4v) is 4.05. The lowest BCUT2D eigenvalue weighted by molar-refractivity contribution is -0.138. The number of benzene rings is 3. The van der Waals surface area contributed by atoms with Crippen molar-refractivity contribution in [3.8, 4) is 11.5 Å². The van der Waals surface area contributed by atoms with Gasteiger partial charge in [0, 0.05) is 3.57 Å². The molecule has 0 fully saturated rings. The van der Waals surface area contributed by atoms with Gasteiger partial charge < -0.3 is 4.74 Å². The van der Waals surface area contributed by atoms with Gasteiger partial charge in [-0.05, 0) is 72.0 Å². The molecule has 0 unspecified atom stereocenters. The molecule has 164 valence electrons. The number of hydrogen-bond donors (Lipinski definition) is 1. The van der Waals surface area contributed by atoms with Crippen LogP contribution < -0.4 is 9.46 Å². The fraction of sp³-hybridized carbons (Fsp3) is 0.100. The van der Waals surface area contributed by atoms with Gasteiger partial charge in [0.2, 0.25) is 0 Å². The maximum absolute atomic E-state index is 14.2. The van der Waals surface area contributed by atoms with Crippen molar-refractivity contribution in [2.75, 3.05) is 4.72 Å². The third kappa shape index (κ3) is 5.45. The van der Waals surface area contributed by atoms with Crippen LogP contribution in [-0.4, -0.2) is 8.42 Å². The van der Waals surface area contributed by atoms with Gasteiger partial charge in [0.05, 0.1) is 16.1 Å². The molecule has 0 aliphatic heterocycles. The molecule has 0 atom stereocenters. The number of anilines is 1. The Hall–Kier alpha value is -2.41. The molecule has 3 aromatic carbocycles. The van der Waals surface area contributed by atoms with Crippen molar-refractivity contribution in [3.63, 3.8) is 0 Å². The number of nitrogens with one attached hydrogen (secondary N) is 1. The summed E-state index contributed by atoms with van der Waals surface area (Å²) in [5.41, 5.74) is -0.831. The molecule has 3 rings (SSSR count). The van der Waals surface area contributed by atoms with Crippen molar-refractivity contribution >= 4 is 38.3 Å². The van der Waals surface area contributed by atoms with E-state index >= 15 is 0 Å². The topological polar surface area (TPSA) is 55.4 Å². The quantitative estimate of drug-likeness (QED) is 0.283. The predicted molar refractivity (Wildman–Crippen MR) is 113 cm³/mol. The van der Waals surface area contributed by atoms with Crippen molar-refractivity contribution < 1.29 is 35.1 Å². The summed E-state index contributed by atoms with van der Waals surface area (Å²) in [5.74, 6) is -4.55. The van der Waals surface area contributed by atoms with Gasteiger partial charge in [-0.2, -0.15) is 13.2 Å². The average Bonchev–Trinajstić information content (AvgIpc) is 2.66. The first kappa shape index (κ1) is 23.3. The van der Waals surface area contributed by atoms with E-state index in [1.807, 2.05) is 22.6 Å². The molecule has 0 aliphatic rings. The lowest BCUT2D eigenvalue weighted by Gasteiger charge is -2.16. The summed E-state index contributed by atoms with van der Waals surface area (Å²) >= 11 is 1.86. The van der Waals surface area contributed by atoms with Crippen LogP contribution in [0.15, 0.2) is 59.5 Å². The highest BCUT2D eigenvalue weighted by Gasteiger charge is 2.33. The second-order valence-corrected chi connectivity index (χ2v) is 9.36. The SMILES string of the molecule is Cc1ccc(S(=O)(=O)Nc2ccc(I)cc2Oc2c(F)cc(C(F)(F)F)cc2F)cc1. The van der Waals surface area contributed by atoms with Crippen molar-refractivity contribution in [2.45, 2.75) is 18.0 Å². The molecule has 31 heavy (non-hydrogen) atoms. The Labute approximate surface area is 188 Å². The normalized spacial score (nSPS) is 12.0. The summed E-state index contributed by atoms with van der Waals surface area (Å²) in [5, 5.41) is 0. The molecular weight excluding hydrogens is 556 g/mol. The number of hydrogen-bond acceptors (Lipinski definition) is 3. The first-order valence-electron chi connectivity index (χ1n) is 8.50. The molecule has 0 aromatic heterocycles. The molecule has 0 heterocycles. The zero-order valence-corrected chi connectivity index (χ0v) is 18.6. The van der Waals surface area contributed by atoms with Gasteiger partial charge in [-0.1, -0.05) is 17.7 Å². The molecule has 0 aliphatic carbocycles. The first-order valence-corrected chi connectivity index (χ1v) is 11.1. The summed E-state index contributed by atoms with van der Waals surface area (Å²) in [7, 11) is -4.07. The Morgan fingerprint density at radius 1 is 0.935 bits per heavy atom. The lowest BCUT2D eigenvalue weighted by atomic mass is 10.2. The van der Waals surface area contributed by atoms with Gasteiger partial charge in [-0.3, -0.25) is 4.72 Å². The minimum atomic E-state index is -4.95. The molecule has 4 nitrogen and oxygen atoms in total. The number of ether oxygens (including phenoxy) is 1. The third-order valence-electron chi connectivity index (χ3n) is 4.06. The van der Waals surface area contributed by atoms with Gasteiger partial charge >= 0.3 is 6.18 Å². The van der Waals surface area contributed by atoms with Crippen LogP contribution in [0.1, 0.15) is 11.1 Å². The number of halogens is 6. The molecule has 0 spiro atoms. The number of aryl methyl sites for hydroxylation is 1. The van der Waals surface area contributed by atoms with Gasteiger partial charge in [-0.15, -0.1) is 0 Å². The highest BCUT2D eigenvalue weighted by Crippen LogP contribution is 2.38. The summed E-state index contributed by atoms with van der Waals surface area (Å²) in [4.78, 5) is -0.0607. The van der Waals surface area contributed by atoms with Crippen molar-refractivity contribution in [1.29, 1.82) is 0 Å². The van der Waals surface area contributed by atoms with E-state index in [4.69, 9.17) is 4.74 Å². The molecule has 0 saturated carbocycles. The molecule has 0 bridgehead atoms. The van der Waals surface area contributed by atoms with Crippen molar-refractivity contribution in [3.05, 3.63) is 80.9 Å². The summed E-state index contributed by atoms with van der Waals surface area (Å²) in [6.45, 7) is 1.78. The second kappa shape index (κ2) is 8.61. The molecule has 1 N–H and O–H groups in total. The first-order chi connectivity index (χ1) is 14.4. The van der Waals surface area contributed by atoms with Gasteiger partial charge in [-0.25, -0.2) is 17.2 Å². The number of rotatable bonds is 5. The minimum absolute atomic E-state index is 0.0607. The average molecular weight is 569 g/mol. The minimum Gasteiger partial charge on any atom is -0.449 e. The molecule has 0 saturated heterocycles. The lowest BCUT2D eigenvalue weighted by Crippen LogP contribution is -2.14. The Bertz CT molecular complexity index is 1210. The van der Waals surface area contributed by atoms with E-state index in [0.717, 1.165) is 5.56 Å². The van der Waals surface area contributed by atoms with E-state index in [-0.39, 0.29) is 28.5 Å². The summed E-state index contributed by atoms with van der Waals surface area (Å²) < 4.78 is 99.9.